The normalized spacial score (nSPS) is 23.8. The highest BCUT2D eigenvalue weighted by molar-refractivity contribution is 7.92. The van der Waals surface area contributed by atoms with Crippen molar-refractivity contribution in [2.24, 2.45) is 11.8 Å². The summed E-state index contributed by atoms with van der Waals surface area (Å²) in [7, 11) is -7.57. The molecular formula is C52H58Cl2N4O8S2. The Kier molecular flexibility index (Phi) is 14.7. The van der Waals surface area contributed by atoms with Crippen molar-refractivity contribution in [1.82, 2.24) is 10.6 Å². The number of nitrogens with one attached hydrogen (secondary N) is 2. The molecule has 2 amide bonds. The first kappa shape index (κ1) is 51.1. The second-order valence-corrected chi connectivity index (χ2v) is 25.0. The summed E-state index contributed by atoms with van der Waals surface area (Å²) >= 11 is 12.4. The highest BCUT2D eigenvalue weighted by atomic mass is 35.5. The van der Waals surface area contributed by atoms with Gasteiger partial charge in [0.25, 0.3) is 0 Å². The van der Waals surface area contributed by atoms with Gasteiger partial charge in [-0.2, -0.15) is 10.5 Å². The quantitative estimate of drug-likeness (QED) is 0.123. The fraction of sp³-hybridized carbons (Fsp3) is 0.462. The topological polar surface area (TPSA) is 193 Å². The third-order valence-corrected chi connectivity index (χ3v) is 19.1. The minimum absolute atomic E-state index is 0.0648. The molecule has 360 valence electrons. The molecule has 12 nitrogen and oxygen atoms in total. The molecule has 8 rings (SSSR count). The van der Waals surface area contributed by atoms with Crippen LogP contribution >= 0.6 is 23.2 Å². The van der Waals surface area contributed by atoms with Gasteiger partial charge in [0.15, 0.2) is 19.7 Å². The first-order valence-electron chi connectivity index (χ1n) is 22.9. The number of rotatable bonds is 14. The van der Waals surface area contributed by atoms with E-state index in [1.807, 2.05) is 90.1 Å². The minimum atomic E-state index is -3.79. The molecule has 6 atom stereocenters. The average molecular weight is 1000 g/mol. The van der Waals surface area contributed by atoms with Gasteiger partial charge in [0.05, 0.1) is 77.7 Å². The minimum Gasteiger partial charge on any atom is -0.367 e. The zero-order chi connectivity index (χ0) is 49.5. The van der Waals surface area contributed by atoms with E-state index in [9.17, 15) is 36.9 Å². The molecule has 2 N–H and O–H groups in total. The molecule has 4 aliphatic rings. The molecule has 0 spiro atoms. The van der Waals surface area contributed by atoms with E-state index < -0.39 is 76.5 Å². The third kappa shape index (κ3) is 11.1. The summed E-state index contributed by atoms with van der Waals surface area (Å²) in [6.07, 6.45) is 1.69. The maximum absolute atomic E-state index is 13.5. The van der Waals surface area contributed by atoms with Gasteiger partial charge in [-0.25, -0.2) is 16.8 Å². The molecule has 0 aliphatic heterocycles. The summed E-state index contributed by atoms with van der Waals surface area (Å²) in [5, 5.41) is 23.2. The lowest BCUT2D eigenvalue weighted by atomic mass is 9.95. The van der Waals surface area contributed by atoms with Gasteiger partial charge in [-0.15, -0.1) is 0 Å². The number of nitrogens with zero attached hydrogens (tertiary/aromatic N) is 2. The number of hydrogen-bond donors (Lipinski definition) is 2. The van der Waals surface area contributed by atoms with Crippen molar-refractivity contribution < 1.29 is 35.9 Å². The maximum atomic E-state index is 13.5. The Morgan fingerprint density at radius 2 is 0.897 bits per heavy atom. The Hall–Kier alpha value is -4.80. The van der Waals surface area contributed by atoms with Crippen LogP contribution in [0.15, 0.2) is 107 Å². The van der Waals surface area contributed by atoms with E-state index in [0.717, 1.165) is 22.3 Å². The van der Waals surface area contributed by atoms with Crippen LogP contribution in [0.5, 0.6) is 0 Å². The predicted molar refractivity (Wildman–Crippen MR) is 260 cm³/mol. The molecule has 0 bridgehead atoms. The number of amides is 2. The van der Waals surface area contributed by atoms with Crippen molar-refractivity contribution in [3.63, 3.8) is 0 Å². The van der Waals surface area contributed by atoms with Crippen molar-refractivity contribution >= 4 is 54.7 Å². The van der Waals surface area contributed by atoms with Crippen molar-refractivity contribution in [3.8, 4) is 12.1 Å². The van der Waals surface area contributed by atoms with Crippen molar-refractivity contribution in [3.05, 3.63) is 129 Å². The second-order valence-electron chi connectivity index (χ2n) is 19.8. The standard InChI is InChI=1S/2C26H29ClN2O4S/c2*1-17-8-10-18(11-9-17)25(2,3)33-22-15-19(34(31,32)23-7-5-4-6-21(23)27)14-20(22)24(30)29-26(16-28)12-13-26/h2*4-11,19-20,22H,12-15H2,1-3H3,(H,29,30)/t2*19-,20-,22-/m10/s1. The summed E-state index contributed by atoms with van der Waals surface area (Å²) in [5.41, 5.74) is 0.945. The Balaban J connectivity index is 0.000000201. The van der Waals surface area contributed by atoms with Gasteiger partial charge >= 0.3 is 0 Å². The van der Waals surface area contributed by atoms with Crippen LogP contribution in [0.1, 0.15) is 101 Å². The van der Waals surface area contributed by atoms with E-state index in [-0.39, 0.29) is 57.3 Å². The predicted octanol–water partition coefficient (Wildman–Crippen LogP) is 9.39. The molecule has 0 unspecified atom stereocenters. The van der Waals surface area contributed by atoms with Crippen molar-refractivity contribution in [2.75, 3.05) is 0 Å². The van der Waals surface area contributed by atoms with Gasteiger partial charge in [0.2, 0.25) is 11.8 Å². The summed E-state index contributed by atoms with van der Waals surface area (Å²) in [4.78, 5) is 26.6. The van der Waals surface area contributed by atoms with E-state index in [1.165, 1.54) is 12.1 Å². The SMILES string of the molecule is Cc1ccc(C(C)(C)O[C@@H]2C[C@H](S(=O)(=O)c3ccccc3Cl)C[C@H]2C(=O)NC2(C#N)CC2)cc1.Cc1ccc(C(C)(C)O[C@H]2C[C@@H](S(=O)(=O)c3ccccc3Cl)C[C@@H]2C(=O)NC2(C#N)CC2)cc1. The number of ether oxygens (including phenoxy) is 2. The average Bonchev–Trinajstić information content (AvgIpc) is 4.15. The molecule has 4 aromatic rings. The van der Waals surface area contributed by atoms with Gasteiger partial charge in [-0.1, -0.05) is 107 Å². The smallest absolute Gasteiger partial charge is 0.227 e. The monoisotopic (exact) mass is 1000 g/mol. The molecule has 0 saturated heterocycles. The molecule has 4 aromatic carbocycles. The van der Waals surface area contributed by atoms with E-state index in [0.29, 0.717) is 25.7 Å². The van der Waals surface area contributed by atoms with Gasteiger partial charge in [-0.3, -0.25) is 9.59 Å². The summed E-state index contributed by atoms with van der Waals surface area (Å²) in [6, 6.07) is 32.9. The lowest BCUT2D eigenvalue weighted by Gasteiger charge is -2.32. The van der Waals surface area contributed by atoms with E-state index in [1.54, 1.807) is 36.4 Å². The fourth-order valence-corrected chi connectivity index (χ4v) is 13.8. The molecule has 0 aromatic heterocycles. The summed E-state index contributed by atoms with van der Waals surface area (Å²) in [6.45, 7) is 11.7. The number of benzene rings is 4. The number of nitriles is 2. The van der Waals surface area contributed by atoms with Gasteiger partial charge in [0, 0.05) is 0 Å². The van der Waals surface area contributed by atoms with E-state index in [4.69, 9.17) is 32.7 Å². The van der Waals surface area contributed by atoms with Crippen LogP contribution in [-0.4, -0.2) is 62.4 Å². The van der Waals surface area contributed by atoms with Crippen LogP contribution in [0.3, 0.4) is 0 Å². The third-order valence-electron chi connectivity index (χ3n) is 13.8. The zero-order valence-corrected chi connectivity index (χ0v) is 42.2. The molecule has 4 aliphatic carbocycles. The van der Waals surface area contributed by atoms with Crippen LogP contribution < -0.4 is 10.6 Å². The largest absolute Gasteiger partial charge is 0.367 e. The highest BCUT2D eigenvalue weighted by Gasteiger charge is 2.53. The van der Waals surface area contributed by atoms with E-state index >= 15 is 0 Å². The van der Waals surface area contributed by atoms with E-state index in [2.05, 4.69) is 22.8 Å². The van der Waals surface area contributed by atoms with Crippen LogP contribution in [-0.2, 0) is 49.9 Å². The lowest BCUT2D eigenvalue weighted by Crippen LogP contribution is -2.44. The Labute approximate surface area is 410 Å². The van der Waals surface area contributed by atoms with Crippen LogP contribution in [0.25, 0.3) is 0 Å². The lowest BCUT2D eigenvalue weighted by molar-refractivity contribution is -0.138. The van der Waals surface area contributed by atoms with Crippen molar-refractivity contribution in [1.29, 1.82) is 10.5 Å². The molecule has 0 heterocycles. The number of sulfone groups is 2. The molecule has 4 fully saturated rings. The molecule has 4 saturated carbocycles. The van der Waals surface area contributed by atoms with Crippen molar-refractivity contribution in [2.45, 2.75) is 148 Å². The number of carbonyl (C=O) groups excluding carboxylic acids is 2. The summed E-state index contributed by atoms with van der Waals surface area (Å²) in [5.74, 6) is -2.06. The van der Waals surface area contributed by atoms with Crippen LogP contribution in [0, 0.1) is 48.3 Å². The second kappa shape index (κ2) is 19.5. The number of carbonyl (C=O) groups is 2. The zero-order valence-electron chi connectivity index (χ0n) is 39.1. The Morgan fingerprint density at radius 3 is 1.19 bits per heavy atom. The molecule has 0 radical (unpaired) electrons. The van der Waals surface area contributed by atoms with Gasteiger partial charge in [0.1, 0.15) is 11.1 Å². The number of halogens is 2. The van der Waals surface area contributed by atoms with Crippen LogP contribution in [0.2, 0.25) is 10.0 Å². The van der Waals surface area contributed by atoms with Gasteiger partial charge < -0.3 is 20.1 Å². The van der Waals surface area contributed by atoms with Crippen LogP contribution in [0.4, 0.5) is 0 Å². The number of hydrogen-bond acceptors (Lipinski definition) is 10. The highest BCUT2D eigenvalue weighted by Crippen LogP contribution is 2.45. The Bertz CT molecular complexity index is 2660. The fourth-order valence-electron chi connectivity index (χ4n) is 9.18. The van der Waals surface area contributed by atoms with Gasteiger partial charge in [-0.05, 0) is 128 Å². The maximum Gasteiger partial charge on any atom is 0.227 e. The first-order valence-corrected chi connectivity index (χ1v) is 26.7. The Morgan fingerprint density at radius 1 is 0.574 bits per heavy atom. The molecular weight excluding hydrogens is 944 g/mol. The molecule has 68 heavy (non-hydrogen) atoms. The number of aryl methyl sites for hydroxylation is 2. The first-order chi connectivity index (χ1) is 31.9. The summed E-state index contributed by atoms with van der Waals surface area (Å²) < 4.78 is 66.8. The molecule has 16 heteroatoms.